The van der Waals surface area contributed by atoms with Crippen LogP contribution in [0.5, 0.6) is 0 Å². The first-order chi connectivity index (χ1) is 6.72. The van der Waals surface area contributed by atoms with Crippen LogP contribution in [0, 0.1) is 0 Å². The third-order valence-corrected chi connectivity index (χ3v) is 2.17. The van der Waals surface area contributed by atoms with E-state index in [0.717, 1.165) is 10.9 Å². The maximum atomic E-state index is 10.7. The molecule has 0 aliphatic rings. The quantitative estimate of drug-likeness (QED) is 0.751. The van der Waals surface area contributed by atoms with E-state index >= 15 is 0 Å². The average Bonchev–Trinajstić information content (AvgIpc) is 2.59. The molecule has 0 aliphatic heterocycles. The van der Waals surface area contributed by atoms with Crippen molar-refractivity contribution in [3.63, 3.8) is 0 Å². The summed E-state index contributed by atoms with van der Waals surface area (Å²) in [5.74, 6) is -0.941. The molecular formula is C10H9NO3. The number of aromatic carboxylic acids is 1. The first-order valence-corrected chi connectivity index (χ1v) is 4.15. The standard InChI is InChI=1S/C10H9NO3/c12-6-11-4-3-7-5-8(10(13)14)1-2-9(7)11/h1-5,12H,6H2,(H,13,14). The van der Waals surface area contributed by atoms with Crippen LogP contribution in [0.15, 0.2) is 30.5 Å². The number of carbonyl (C=O) groups is 1. The van der Waals surface area contributed by atoms with E-state index in [1.165, 1.54) is 6.07 Å². The number of hydrogen-bond donors (Lipinski definition) is 2. The van der Waals surface area contributed by atoms with Gasteiger partial charge in [-0.2, -0.15) is 0 Å². The van der Waals surface area contributed by atoms with Crippen LogP contribution in [0.1, 0.15) is 10.4 Å². The zero-order valence-electron chi connectivity index (χ0n) is 7.34. The lowest BCUT2D eigenvalue weighted by molar-refractivity contribution is 0.0697. The molecule has 0 amide bonds. The minimum Gasteiger partial charge on any atom is -0.478 e. The molecule has 0 aliphatic carbocycles. The van der Waals surface area contributed by atoms with E-state index in [-0.39, 0.29) is 12.3 Å². The molecule has 0 saturated carbocycles. The summed E-state index contributed by atoms with van der Waals surface area (Å²) in [5, 5.41) is 18.5. The number of benzene rings is 1. The predicted molar refractivity (Wildman–Crippen MR) is 51.1 cm³/mol. The largest absolute Gasteiger partial charge is 0.478 e. The highest BCUT2D eigenvalue weighted by Crippen LogP contribution is 2.17. The summed E-state index contributed by atoms with van der Waals surface area (Å²) in [4.78, 5) is 10.7. The van der Waals surface area contributed by atoms with Gasteiger partial charge in [0.25, 0.3) is 0 Å². The van der Waals surface area contributed by atoms with Gasteiger partial charge in [0.15, 0.2) is 0 Å². The van der Waals surface area contributed by atoms with Crippen molar-refractivity contribution in [1.82, 2.24) is 4.57 Å². The van der Waals surface area contributed by atoms with Gasteiger partial charge >= 0.3 is 5.97 Å². The highest BCUT2D eigenvalue weighted by Gasteiger charge is 2.05. The van der Waals surface area contributed by atoms with Crippen molar-refractivity contribution >= 4 is 16.9 Å². The highest BCUT2D eigenvalue weighted by atomic mass is 16.4. The first kappa shape index (κ1) is 8.77. The van der Waals surface area contributed by atoms with Crippen LogP contribution >= 0.6 is 0 Å². The summed E-state index contributed by atoms with van der Waals surface area (Å²) < 4.78 is 1.64. The zero-order chi connectivity index (χ0) is 10.1. The Morgan fingerprint density at radius 2 is 2.14 bits per heavy atom. The van der Waals surface area contributed by atoms with Gasteiger partial charge in [-0.3, -0.25) is 0 Å². The van der Waals surface area contributed by atoms with Crippen molar-refractivity contribution in [3.8, 4) is 0 Å². The molecule has 0 spiro atoms. The third kappa shape index (κ3) is 1.25. The van der Waals surface area contributed by atoms with Gasteiger partial charge in [-0.1, -0.05) is 0 Å². The van der Waals surface area contributed by atoms with Gasteiger partial charge in [0.2, 0.25) is 0 Å². The Morgan fingerprint density at radius 3 is 2.79 bits per heavy atom. The Labute approximate surface area is 80.0 Å². The fourth-order valence-electron chi connectivity index (χ4n) is 1.46. The van der Waals surface area contributed by atoms with Crippen LogP contribution in [-0.2, 0) is 6.73 Å². The number of carboxylic acid groups (broad SMARTS) is 1. The Kier molecular flexibility index (Phi) is 1.98. The maximum absolute atomic E-state index is 10.7. The molecule has 0 saturated heterocycles. The second-order valence-electron chi connectivity index (χ2n) is 3.01. The number of rotatable bonds is 2. The molecule has 0 bridgehead atoms. The lowest BCUT2D eigenvalue weighted by atomic mass is 10.1. The number of aliphatic hydroxyl groups excluding tert-OH is 1. The molecule has 4 heteroatoms. The highest BCUT2D eigenvalue weighted by molar-refractivity contribution is 5.93. The van der Waals surface area contributed by atoms with Gasteiger partial charge in [0.05, 0.1) is 11.1 Å². The Hall–Kier alpha value is -1.81. The summed E-state index contributed by atoms with van der Waals surface area (Å²) in [6, 6.07) is 6.58. The summed E-state index contributed by atoms with van der Waals surface area (Å²) in [5.41, 5.74) is 1.09. The molecule has 0 atom stereocenters. The summed E-state index contributed by atoms with van der Waals surface area (Å²) >= 11 is 0. The van der Waals surface area contributed by atoms with Crippen LogP contribution in [0.2, 0.25) is 0 Å². The molecule has 2 N–H and O–H groups in total. The number of nitrogens with zero attached hydrogens (tertiary/aromatic N) is 1. The fraction of sp³-hybridized carbons (Fsp3) is 0.100. The van der Waals surface area contributed by atoms with Crippen molar-refractivity contribution in [2.75, 3.05) is 0 Å². The van der Waals surface area contributed by atoms with E-state index in [1.54, 1.807) is 29.0 Å². The minimum absolute atomic E-state index is 0.101. The Bertz CT molecular complexity index is 487. The van der Waals surface area contributed by atoms with E-state index in [1.807, 2.05) is 0 Å². The number of carboxylic acids is 1. The second-order valence-corrected chi connectivity index (χ2v) is 3.01. The molecule has 2 aromatic rings. The van der Waals surface area contributed by atoms with Crippen LogP contribution in [0.4, 0.5) is 0 Å². The number of fused-ring (bicyclic) bond motifs is 1. The minimum atomic E-state index is -0.941. The third-order valence-electron chi connectivity index (χ3n) is 2.17. The maximum Gasteiger partial charge on any atom is 0.335 e. The average molecular weight is 191 g/mol. The molecule has 1 aromatic heterocycles. The van der Waals surface area contributed by atoms with E-state index in [0.29, 0.717) is 0 Å². The number of aromatic nitrogens is 1. The topological polar surface area (TPSA) is 62.5 Å². The van der Waals surface area contributed by atoms with Gasteiger partial charge in [0.1, 0.15) is 6.73 Å². The molecule has 2 rings (SSSR count). The fourth-order valence-corrected chi connectivity index (χ4v) is 1.46. The summed E-state index contributed by atoms with van der Waals surface area (Å²) in [7, 11) is 0. The second kappa shape index (κ2) is 3.16. The van der Waals surface area contributed by atoms with Crippen LogP contribution < -0.4 is 0 Å². The van der Waals surface area contributed by atoms with Crippen LogP contribution in [-0.4, -0.2) is 20.7 Å². The normalized spacial score (nSPS) is 10.6. The lowest BCUT2D eigenvalue weighted by Crippen LogP contribution is -1.97. The smallest absolute Gasteiger partial charge is 0.335 e. The van der Waals surface area contributed by atoms with Crippen molar-refractivity contribution in [2.24, 2.45) is 0 Å². The Morgan fingerprint density at radius 1 is 1.36 bits per heavy atom. The molecule has 1 aromatic carbocycles. The predicted octanol–water partition coefficient (Wildman–Crippen LogP) is 1.29. The summed E-state index contributed by atoms with van der Waals surface area (Å²) in [6.45, 7) is -0.101. The van der Waals surface area contributed by atoms with Crippen molar-refractivity contribution in [2.45, 2.75) is 6.73 Å². The van der Waals surface area contributed by atoms with Crippen LogP contribution in [0.3, 0.4) is 0 Å². The van der Waals surface area contributed by atoms with E-state index < -0.39 is 5.97 Å². The molecule has 4 nitrogen and oxygen atoms in total. The van der Waals surface area contributed by atoms with E-state index in [4.69, 9.17) is 10.2 Å². The van der Waals surface area contributed by atoms with Gasteiger partial charge in [0, 0.05) is 11.6 Å². The molecule has 72 valence electrons. The van der Waals surface area contributed by atoms with E-state index in [2.05, 4.69) is 0 Å². The van der Waals surface area contributed by atoms with Gasteiger partial charge < -0.3 is 14.8 Å². The van der Waals surface area contributed by atoms with Gasteiger partial charge in [-0.05, 0) is 24.3 Å². The van der Waals surface area contributed by atoms with Crippen molar-refractivity contribution < 1.29 is 15.0 Å². The molecule has 0 fully saturated rings. The summed E-state index contributed by atoms with van der Waals surface area (Å²) in [6.07, 6.45) is 1.72. The monoisotopic (exact) mass is 191 g/mol. The molecule has 0 unspecified atom stereocenters. The van der Waals surface area contributed by atoms with Crippen LogP contribution in [0.25, 0.3) is 10.9 Å². The van der Waals surface area contributed by atoms with Crippen molar-refractivity contribution in [3.05, 3.63) is 36.0 Å². The molecule has 1 heterocycles. The number of aliphatic hydroxyl groups is 1. The van der Waals surface area contributed by atoms with Gasteiger partial charge in [-0.15, -0.1) is 0 Å². The molecular weight excluding hydrogens is 182 g/mol. The van der Waals surface area contributed by atoms with Crippen molar-refractivity contribution in [1.29, 1.82) is 0 Å². The Balaban J connectivity index is 2.63. The molecule has 14 heavy (non-hydrogen) atoms. The molecule has 0 radical (unpaired) electrons. The SMILES string of the molecule is O=C(O)c1ccc2c(ccn2CO)c1. The lowest BCUT2D eigenvalue weighted by Gasteiger charge is -1.99. The van der Waals surface area contributed by atoms with E-state index in [9.17, 15) is 4.79 Å². The zero-order valence-corrected chi connectivity index (χ0v) is 7.34. The number of hydrogen-bond acceptors (Lipinski definition) is 2. The van der Waals surface area contributed by atoms with Gasteiger partial charge in [-0.25, -0.2) is 4.79 Å². The first-order valence-electron chi connectivity index (χ1n) is 4.15.